The molecule has 0 amide bonds. The minimum absolute atomic E-state index is 0.423. The lowest BCUT2D eigenvalue weighted by Gasteiger charge is -2.40. The van der Waals surface area contributed by atoms with E-state index in [1.165, 1.54) is 6.07 Å². The fraction of sp³-hybridized carbons (Fsp3) is 0.600. The molecule has 4 heteroatoms. The molecule has 2 rings (SSSR count). The Morgan fingerprint density at radius 1 is 1.26 bits per heavy atom. The molecule has 2 atom stereocenters. The Bertz CT molecular complexity index is 423. The summed E-state index contributed by atoms with van der Waals surface area (Å²) in [6.07, 6.45) is 2.10. The van der Waals surface area contributed by atoms with E-state index in [-0.39, 0.29) is 0 Å². The van der Waals surface area contributed by atoms with Crippen LogP contribution in [0.4, 0.5) is 8.78 Å². The third-order valence-electron chi connectivity index (χ3n) is 3.97. The standard InChI is InChI=1S/C15H22F2N2/c1-3-13-10-19(14(4-2)8-18-13)9-11-5-6-12(16)7-15(11)17/h5-7,13-14,18H,3-4,8-10H2,1-2H3. The van der Waals surface area contributed by atoms with Crippen molar-refractivity contribution in [3.05, 3.63) is 35.4 Å². The molecule has 0 radical (unpaired) electrons. The summed E-state index contributed by atoms with van der Waals surface area (Å²) in [5.41, 5.74) is 0.580. The third-order valence-corrected chi connectivity index (χ3v) is 3.97. The minimum Gasteiger partial charge on any atom is -0.311 e. The average molecular weight is 268 g/mol. The number of nitrogens with zero attached hydrogens (tertiary/aromatic N) is 1. The van der Waals surface area contributed by atoms with Gasteiger partial charge in [-0.1, -0.05) is 19.9 Å². The number of benzene rings is 1. The van der Waals surface area contributed by atoms with Crippen LogP contribution in [-0.2, 0) is 6.54 Å². The summed E-state index contributed by atoms with van der Waals surface area (Å²) in [5, 5.41) is 3.51. The Morgan fingerprint density at radius 2 is 2.05 bits per heavy atom. The van der Waals surface area contributed by atoms with Gasteiger partial charge in [-0.05, 0) is 18.9 Å². The zero-order valence-electron chi connectivity index (χ0n) is 11.6. The molecule has 1 aliphatic rings. The Balaban J connectivity index is 2.09. The first-order valence-electron chi connectivity index (χ1n) is 7.05. The molecule has 1 aliphatic heterocycles. The molecular weight excluding hydrogens is 246 g/mol. The highest BCUT2D eigenvalue weighted by atomic mass is 19.1. The van der Waals surface area contributed by atoms with Gasteiger partial charge < -0.3 is 5.32 Å². The molecule has 0 saturated carbocycles. The molecule has 2 nitrogen and oxygen atoms in total. The van der Waals surface area contributed by atoms with Crippen molar-refractivity contribution in [1.29, 1.82) is 0 Å². The number of piperazine rings is 1. The van der Waals surface area contributed by atoms with E-state index in [2.05, 4.69) is 24.1 Å². The summed E-state index contributed by atoms with van der Waals surface area (Å²) < 4.78 is 26.7. The lowest BCUT2D eigenvalue weighted by atomic mass is 10.0. The molecule has 0 aromatic heterocycles. The van der Waals surface area contributed by atoms with Crippen LogP contribution in [0.1, 0.15) is 32.3 Å². The second kappa shape index (κ2) is 6.44. The second-order valence-electron chi connectivity index (χ2n) is 5.24. The lowest BCUT2D eigenvalue weighted by molar-refractivity contribution is 0.116. The Hall–Kier alpha value is -1.00. The van der Waals surface area contributed by atoms with Crippen LogP contribution in [0.25, 0.3) is 0 Å². The topological polar surface area (TPSA) is 15.3 Å². The largest absolute Gasteiger partial charge is 0.311 e. The van der Waals surface area contributed by atoms with E-state index >= 15 is 0 Å². The third kappa shape index (κ3) is 3.51. The van der Waals surface area contributed by atoms with Crippen molar-refractivity contribution in [2.45, 2.75) is 45.3 Å². The normalized spacial score (nSPS) is 24.6. The maximum Gasteiger partial charge on any atom is 0.130 e. The summed E-state index contributed by atoms with van der Waals surface area (Å²) in [6, 6.07) is 4.74. The number of hydrogen-bond acceptors (Lipinski definition) is 2. The molecule has 1 fully saturated rings. The van der Waals surface area contributed by atoms with Gasteiger partial charge in [-0.2, -0.15) is 0 Å². The van der Waals surface area contributed by atoms with Crippen LogP contribution < -0.4 is 5.32 Å². The van der Waals surface area contributed by atoms with Crippen LogP contribution in [-0.4, -0.2) is 30.1 Å². The number of halogens is 2. The summed E-state index contributed by atoms with van der Waals surface area (Å²) in [5.74, 6) is -0.957. The quantitative estimate of drug-likeness (QED) is 0.903. The van der Waals surface area contributed by atoms with Crippen molar-refractivity contribution < 1.29 is 8.78 Å². The summed E-state index contributed by atoms with van der Waals surface area (Å²) >= 11 is 0. The van der Waals surface area contributed by atoms with Gasteiger partial charge in [-0.25, -0.2) is 8.78 Å². The zero-order valence-corrected chi connectivity index (χ0v) is 11.6. The molecule has 0 spiro atoms. The van der Waals surface area contributed by atoms with Gasteiger partial charge >= 0.3 is 0 Å². The van der Waals surface area contributed by atoms with Crippen LogP contribution in [0.15, 0.2) is 18.2 Å². The van der Waals surface area contributed by atoms with Crippen LogP contribution in [0.2, 0.25) is 0 Å². The average Bonchev–Trinajstić information content (AvgIpc) is 2.41. The van der Waals surface area contributed by atoms with Crippen LogP contribution in [0, 0.1) is 11.6 Å². The number of nitrogens with one attached hydrogen (secondary N) is 1. The number of rotatable bonds is 4. The first-order valence-corrected chi connectivity index (χ1v) is 7.05. The molecule has 1 aromatic carbocycles. The van der Waals surface area contributed by atoms with Gasteiger partial charge in [0.2, 0.25) is 0 Å². The highest BCUT2D eigenvalue weighted by Gasteiger charge is 2.26. The Labute approximate surface area is 113 Å². The molecule has 1 saturated heterocycles. The molecule has 1 aromatic rings. The summed E-state index contributed by atoms with van der Waals surface area (Å²) in [6.45, 7) is 6.72. The second-order valence-corrected chi connectivity index (χ2v) is 5.24. The highest BCUT2D eigenvalue weighted by Crippen LogP contribution is 2.18. The van der Waals surface area contributed by atoms with E-state index in [0.29, 0.717) is 24.2 Å². The van der Waals surface area contributed by atoms with Gasteiger partial charge in [0.25, 0.3) is 0 Å². The molecule has 0 aliphatic carbocycles. The molecular formula is C15H22F2N2. The number of hydrogen-bond donors (Lipinski definition) is 1. The van der Waals surface area contributed by atoms with Gasteiger partial charge in [-0.15, -0.1) is 0 Å². The van der Waals surface area contributed by atoms with E-state index in [0.717, 1.165) is 32.0 Å². The Kier molecular flexibility index (Phi) is 4.88. The lowest BCUT2D eigenvalue weighted by Crippen LogP contribution is -2.55. The first-order chi connectivity index (χ1) is 9.13. The minimum atomic E-state index is -0.514. The van der Waals surface area contributed by atoms with Crippen molar-refractivity contribution in [2.75, 3.05) is 13.1 Å². The van der Waals surface area contributed by atoms with Gasteiger partial charge in [0.15, 0.2) is 0 Å². The predicted molar refractivity (Wildman–Crippen MR) is 72.9 cm³/mol. The SMILES string of the molecule is CCC1CN(Cc2ccc(F)cc2F)C(CC)CN1. The molecule has 1 N–H and O–H groups in total. The Morgan fingerprint density at radius 3 is 2.68 bits per heavy atom. The zero-order chi connectivity index (χ0) is 13.8. The van der Waals surface area contributed by atoms with Crippen LogP contribution in [0.3, 0.4) is 0 Å². The summed E-state index contributed by atoms with van der Waals surface area (Å²) in [7, 11) is 0. The van der Waals surface area contributed by atoms with E-state index in [9.17, 15) is 8.78 Å². The van der Waals surface area contributed by atoms with Crippen molar-refractivity contribution in [3.63, 3.8) is 0 Å². The van der Waals surface area contributed by atoms with Gasteiger partial charge in [0.05, 0.1) is 0 Å². The fourth-order valence-electron chi connectivity index (χ4n) is 2.67. The fourth-order valence-corrected chi connectivity index (χ4v) is 2.67. The first kappa shape index (κ1) is 14.4. The van der Waals surface area contributed by atoms with Crippen molar-refractivity contribution in [3.8, 4) is 0 Å². The van der Waals surface area contributed by atoms with Gasteiger partial charge in [0, 0.05) is 43.3 Å². The van der Waals surface area contributed by atoms with E-state index in [1.807, 2.05) is 0 Å². The summed E-state index contributed by atoms with van der Waals surface area (Å²) in [4.78, 5) is 2.31. The van der Waals surface area contributed by atoms with Crippen LogP contribution in [0.5, 0.6) is 0 Å². The highest BCUT2D eigenvalue weighted by molar-refractivity contribution is 5.18. The molecule has 0 bridgehead atoms. The van der Waals surface area contributed by atoms with Gasteiger partial charge in [0.1, 0.15) is 11.6 Å². The van der Waals surface area contributed by atoms with E-state index in [4.69, 9.17) is 0 Å². The van der Waals surface area contributed by atoms with Crippen molar-refractivity contribution >= 4 is 0 Å². The molecule has 106 valence electrons. The van der Waals surface area contributed by atoms with Gasteiger partial charge in [-0.3, -0.25) is 4.90 Å². The monoisotopic (exact) mass is 268 g/mol. The molecule has 2 unspecified atom stereocenters. The van der Waals surface area contributed by atoms with Crippen molar-refractivity contribution in [1.82, 2.24) is 10.2 Å². The maximum atomic E-state index is 13.7. The van der Waals surface area contributed by atoms with Crippen LogP contribution >= 0.6 is 0 Å². The smallest absolute Gasteiger partial charge is 0.130 e. The maximum absolute atomic E-state index is 13.7. The molecule has 19 heavy (non-hydrogen) atoms. The molecule has 1 heterocycles. The van der Waals surface area contributed by atoms with Crippen molar-refractivity contribution in [2.24, 2.45) is 0 Å². The van der Waals surface area contributed by atoms with E-state index in [1.54, 1.807) is 6.07 Å². The van der Waals surface area contributed by atoms with E-state index < -0.39 is 11.6 Å². The predicted octanol–water partition coefficient (Wildman–Crippen LogP) is 2.93.